The topological polar surface area (TPSA) is 86.8 Å². The summed E-state index contributed by atoms with van der Waals surface area (Å²) in [6.45, 7) is 0.645. The Kier molecular flexibility index (Phi) is 4.36. The third kappa shape index (κ3) is 3.23. The molecule has 2 aliphatic rings. The van der Waals surface area contributed by atoms with E-state index in [0.717, 1.165) is 23.6 Å². The average molecular weight is 337 g/mol. The SMILES string of the molecule is O=C1CN(CC(=O)N2CCCCC2)S(=O)(=O)c2ccccc2N1. The smallest absolute Gasteiger partial charge is 0.246 e. The normalized spacial score (nSPS) is 21.2. The summed E-state index contributed by atoms with van der Waals surface area (Å²) in [5.41, 5.74) is 0.255. The summed E-state index contributed by atoms with van der Waals surface area (Å²) >= 11 is 0. The number of benzene rings is 1. The molecule has 1 aromatic rings. The lowest BCUT2D eigenvalue weighted by molar-refractivity contribution is -0.132. The first-order valence-electron chi connectivity index (χ1n) is 7.65. The van der Waals surface area contributed by atoms with Crippen molar-refractivity contribution >= 4 is 27.5 Å². The van der Waals surface area contributed by atoms with Gasteiger partial charge in [0.2, 0.25) is 21.8 Å². The third-order valence-electron chi connectivity index (χ3n) is 4.12. The summed E-state index contributed by atoms with van der Waals surface area (Å²) in [6, 6.07) is 6.23. The molecule has 8 heteroatoms. The van der Waals surface area contributed by atoms with Gasteiger partial charge in [0.25, 0.3) is 0 Å². The fraction of sp³-hybridized carbons (Fsp3) is 0.467. The van der Waals surface area contributed by atoms with E-state index in [0.29, 0.717) is 13.1 Å². The Morgan fingerprint density at radius 1 is 1.13 bits per heavy atom. The maximum Gasteiger partial charge on any atom is 0.246 e. The molecule has 0 radical (unpaired) electrons. The van der Waals surface area contributed by atoms with Gasteiger partial charge in [-0.1, -0.05) is 12.1 Å². The minimum absolute atomic E-state index is 0.0253. The van der Waals surface area contributed by atoms with Crippen LogP contribution in [0.2, 0.25) is 0 Å². The summed E-state index contributed by atoms with van der Waals surface area (Å²) in [6.07, 6.45) is 2.95. The van der Waals surface area contributed by atoms with Gasteiger partial charge >= 0.3 is 0 Å². The molecular weight excluding hydrogens is 318 g/mol. The molecule has 0 spiro atoms. The van der Waals surface area contributed by atoms with Crippen molar-refractivity contribution in [3.8, 4) is 0 Å². The maximum atomic E-state index is 12.8. The van der Waals surface area contributed by atoms with Gasteiger partial charge in [-0.25, -0.2) is 8.42 Å². The third-order valence-corrected chi connectivity index (χ3v) is 5.97. The molecule has 0 aliphatic carbocycles. The van der Waals surface area contributed by atoms with E-state index >= 15 is 0 Å². The number of carbonyl (C=O) groups is 2. The number of nitrogens with one attached hydrogen (secondary N) is 1. The molecule has 1 fully saturated rings. The van der Waals surface area contributed by atoms with Crippen LogP contribution in [0.4, 0.5) is 5.69 Å². The van der Waals surface area contributed by atoms with Gasteiger partial charge in [0.15, 0.2) is 0 Å². The van der Waals surface area contributed by atoms with Crippen LogP contribution in [0.15, 0.2) is 29.2 Å². The highest BCUT2D eigenvalue weighted by Gasteiger charge is 2.34. The second-order valence-electron chi connectivity index (χ2n) is 5.76. The Morgan fingerprint density at radius 2 is 1.83 bits per heavy atom. The summed E-state index contributed by atoms with van der Waals surface area (Å²) < 4.78 is 26.5. The molecular formula is C15H19N3O4S. The quantitative estimate of drug-likeness (QED) is 0.858. The number of carbonyl (C=O) groups excluding carboxylic acids is 2. The zero-order chi connectivity index (χ0) is 16.4. The highest BCUT2D eigenvalue weighted by atomic mass is 32.2. The van der Waals surface area contributed by atoms with Crippen molar-refractivity contribution in [3.63, 3.8) is 0 Å². The molecule has 124 valence electrons. The molecule has 0 aromatic heterocycles. The predicted octanol–water partition coefficient (Wildman–Crippen LogP) is 0.642. The number of para-hydroxylation sites is 1. The fourth-order valence-electron chi connectivity index (χ4n) is 2.90. The van der Waals surface area contributed by atoms with E-state index in [2.05, 4.69) is 5.32 Å². The number of rotatable bonds is 2. The molecule has 0 atom stereocenters. The van der Waals surface area contributed by atoms with Crippen LogP contribution in [0, 0.1) is 0 Å². The lowest BCUT2D eigenvalue weighted by Gasteiger charge is -2.29. The van der Waals surface area contributed by atoms with Crippen LogP contribution < -0.4 is 5.32 Å². The summed E-state index contributed by atoms with van der Waals surface area (Å²) in [5.74, 6) is -0.689. The standard InChI is InChI=1S/C15H19N3O4S/c19-14-10-18(11-15(20)17-8-4-1-5-9-17)23(21,22)13-7-3-2-6-12(13)16-14/h2-3,6-7H,1,4-5,8-11H2,(H,16,19). The number of sulfonamides is 1. The molecule has 3 rings (SSSR count). The molecule has 0 bridgehead atoms. The largest absolute Gasteiger partial charge is 0.342 e. The van der Waals surface area contributed by atoms with Gasteiger partial charge in [-0.3, -0.25) is 9.59 Å². The number of hydrogen-bond donors (Lipinski definition) is 1. The number of nitrogens with zero attached hydrogens (tertiary/aromatic N) is 2. The second-order valence-corrected chi connectivity index (χ2v) is 7.67. The van der Waals surface area contributed by atoms with E-state index in [-0.39, 0.29) is 29.6 Å². The summed E-state index contributed by atoms with van der Waals surface area (Å²) in [7, 11) is -3.88. The monoisotopic (exact) mass is 337 g/mol. The van der Waals surface area contributed by atoms with Gasteiger partial charge < -0.3 is 10.2 Å². The molecule has 0 unspecified atom stereocenters. The van der Waals surface area contributed by atoms with E-state index in [1.165, 1.54) is 6.07 Å². The lowest BCUT2D eigenvalue weighted by Crippen LogP contribution is -2.45. The zero-order valence-electron chi connectivity index (χ0n) is 12.7. The van der Waals surface area contributed by atoms with Crippen LogP contribution in [0.5, 0.6) is 0 Å². The van der Waals surface area contributed by atoms with Crippen molar-refractivity contribution < 1.29 is 18.0 Å². The highest BCUT2D eigenvalue weighted by Crippen LogP contribution is 2.27. The van der Waals surface area contributed by atoms with Crippen LogP contribution in [-0.2, 0) is 19.6 Å². The van der Waals surface area contributed by atoms with Gasteiger partial charge in [0.1, 0.15) is 4.90 Å². The first-order valence-corrected chi connectivity index (χ1v) is 9.09. The molecule has 1 aromatic carbocycles. The average Bonchev–Trinajstić information content (AvgIpc) is 2.63. The van der Waals surface area contributed by atoms with Crippen LogP contribution in [-0.4, -0.2) is 55.6 Å². The van der Waals surface area contributed by atoms with Crippen LogP contribution >= 0.6 is 0 Å². The van der Waals surface area contributed by atoms with Gasteiger partial charge in [0.05, 0.1) is 18.8 Å². The Hall–Kier alpha value is -1.93. The van der Waals surface area contributed by atoms with E-state index in [1.54, 1.807) is 23.1 Å². The number of fused-ring (bicyclic) bond motifs is 1. The van der Waals surface area contributed by atoms with Crippen molar-refractivity contribution in [1.82, 2.24) is 9.21 Å². The number of hydrogen-bond acceptors (Lipinski definition) is 4. The zero-order valence-corrected chi connectivity index (χ0v) is 13.5. The minimum atomic E-state index is -3.88. The van der Waals surface area contributed by atoms with Crippen LogP contribution in [0.1, 0.15) is 19.3 Å². The molecule has 0 saturated carbocycles. The Morgan fingerprint density at radius 3 is 2.57 bits per heavy atom. The van der Waals surface area contributed by atoms with Gasteiger partial charge in [0, 0.05) is 13.1 Å². The Labute approximate surface area is 135 Å². The molecule has 1 saturated heterocycles. The maximum absolute atomic E-state index is 12.8. The molecule has 7 nitrogen and oxygen atoms in total. The van der Waals surface area contributed by atoms with Crippen molar-refractivity contribution in [2.75, 3.05) is 31.5 Å². The molecule has 23 heavy (non-hydrogen) atoms. The van der Waals surface area contributed by atoms with E-state index < -0.39 is 15.9 Å². The molecule has 1 N–H and O–H groups in total. The fourth-order valence-corrected chi connectivity index (χ4v) is 4.40. The number of amides is 2. The van der Waals surface area contributed by atoms with Gasteiger partial charge in [-0.05, 0) is 31.4 Å². The van der Waals surface area contributed by atoms with Gasteiger partial charge in [-0.15, -0.1) is 0 Å². The van der Waals surface area contributed by atoms with Crippen molar-refractivity contribution in [1.29, 1.82) is 0 Å². The minimum Gasteiger partial charge on any atom is -0.342 e. The van der Waals surface area contributed by atoms with Crippen LogP contribution in [0.3, 0.4) is 0 Å². The Balaban J connectivity index is 1.86. The lowest BCUT2D eigenvalue weighted by atomic mass is 10.1. The summed E-state index contributed by atoms with van der Waals surface area (Å²) in [5, 5.41) is 2.58. The summed E-state index contributed by atoms with van der Waals surface area (Å²) in [4.78, 5) is 26.0. The number of piperidine rings is 1. The molecule has 2 amide bonds. The van der Waals surface area contributed by atoms with E-state index in [9.17, 15) is 18.0 Å². The van der Waals surface area contributed by atoms with Gasteiger partial charge in [-0.2, -0.15) is 4.31 Å². The second kappa shape index (κ2) is 6.29. The number of likely N-dealkylation sites (tertiary alicyclic amines) is 1. The number of anilines is 1. The van der Waals surface area contributed by atoms with Crippen molar-refractivity contribution in [3.05, 3.63) is 24.3 Å². The predicted molar refractivity (Wildman–Crippen MR) is 84.3 cm³/mol. The van der Waals surface area contributed by atoms with Crippen molar-refractivity contribution in [2.45, 2.75) is 24.2 Å². The Bertz CT molecular complexity index is 726. The highest BCUT2D eigenvalue weighted by molar-refractivity contribution is 7.89. The first kappa shape index (κ1) is 15.9. The molecule has 2 heterocycles. The van der Waals surface area contributed by atoms with E-state index in [1.807, 2.05) is 0 Å². The van der Waals surface area contributed by atoms with Crippen molar-refractivity contribution in [2.24, 2.45) is 0 Å². The molecule has 2 aliphatic heterocycles. The van der Waals surface area contributed by atoms with Crippen LogP contribution in [0.25, 0.3) is 0 Å². The first-order chi connectivity index (χ1) is 11.0. The van der Waals surface area contributed by atoms with E-state index in [4.69, 9.17) is 0 Å².